The molecule has 0 aliphatic rings. The van der Waals surface area contributed by atoms with Crippen LogP contribution in [0.4, 0.5) is 0 Å². The van der Waals surface area contributed by atoms with Crippen molar-refractivity contribution in [1.82, 2.24) is 10.3 Å². The molecule has 0 aliphatic carbocycles. The minimum absolute atomic E-state index is 0.139. The van der Waals surface area contributed by atoms with Gasteiger partial charge >= 0.3 is 0 Å². The van der Waals surface area contributed by atoms with Crippen LogP contribution in [0, 0.1) is 6.92 Å². The summed E-state index contributed by atoms with van der Waals surface area (Å²) >= 11 is 13.8. The topological polar surface area (TPSA) is 24.9 Å². The van der Waals surface area contributed by atoms with E-state index >= 15 is 0 Å². The van der Waals surface area contributed by atoms with Gasteiger partial charge in [0.2, 0.25) is 0 Å². The SMILES string of the molecule is Cc1csc(CNC(C)c2cc(Cl)ccc2Cl)n1. The first-order chi connectivity index (χ1) is 8.56. The summed E-state index contributed by atoms with van der Waals surface area (Å²) in [7, 11) is 0. The summed E-state index contributed by atoms with van der Waals surface area (Å²) in [5.41, 5.74) is 2.07. The van der Waals surface area contributed by atoms with Gasteiger partial charge < -0.3 is 5.32 Å². The summed E-state index contributed by atoms with van der Waals surface area (Å²) in [6.45, 7) is 4.80. The Kier molecular flexibility index (Phi) is 4.62. The zero-order chi connectivity index (χ0) is 13.1. The minimum Gasteiger partial charge on any atom is -0.304 e. The Morgan fingerprint density at radius 2 is 2.17 bits per heavy atom. The number of hydrogen-bond donors (Lipinski definition) is 1. The average molecular weight is 301 g/mol. The van der Waals surface area contributed by atoms with Gasteiger partial charge in [0.05, 0.1) is 0 Å². The van der Waals surface area contributed by atoms with Gasteiger partial charge in [-0.15, -0.1) is 11.3 Å². The largest absolute Gasteiger partial charge is 0.304 e. The first-order valence-electron chi connectivity index (χ1n) is 5.65. The first-order valence-corrected chi connectivity index (χ1v) is 7.29. The van der Waals surface area contributed by atoms with Crippen LogP contribution in [-0.4, -0.2) is 4.98 Å². The van der Waals surface area contributed by atoms with E-state index in [9.17, 15) is 0 Å². The predicted octanol–water partition coefficient (Wildman–Crippen LogP) is 4.61. The summed E-state index contributed by atoms with van der Waals surface area (Å²) in [6, 6.07) is 5.66. The smallest absolute Gasteiger partial charge is 0.107 e. The molecule has 0 spiro atoms. The molecule has 1 atom stereocenters. The highest BCUT2D eigenvalue weighted by molar-refractivity contribution is 7.09. The number of nitrogens with zero attached hydrogens (tertiary/aromatic N) is 1. The Balaban J connectivity index is 2.03. The van der Waals surface area contributed by atoms with Crippen LogP contribution in [-0.2, 0) is 6.54 Å². The van der Waals surface area contributed by atoms with E-state index in [1.807, 2.05) is 24.4 Å². The Bertz CT molecular complexity index is 540. The third-order valence-corrected chi connectivity index (χ3v) is 4.20. The number of nitrogens with one attached hydrogen (secondary N) is 1. The zero-order valence-corrected chi connectivity index (χ0v) is 12.5. The molecule has 1 aromatic carbocycles. The molecule has 1 unspecified atom stereocenters. The van der Waals surface area contributed by atoms with Crippen molar-refractivity contribution in [2.45, 2.75) is 26.4 Å². The molecule has 0 radical (unpaired) electrons. The molecule has 1 aromatic heterocycles. The van der Waals surface area contributed by atoms with Crippen LogP contribution in [0.5, 0.6) is 0 Å². The summed E-state index contributed by atoms with van der Waals surface area (Å²) < 4.78 is 0. The van der Waals surface area contributed by atoms with Crippen molar-refractivity contribution in [2.24, 2.45) is 0 Å². The van der Waals surface area contributed by atoms with Gasteiger partial charge in [0.25, 0.3) is 0 Å². The van der Waals surface area contributed by atoms with E-state index in [1.165, 1.54) is 0 Å². The van der Waals surface area contributed by atoms with Gasteiger partial charge in [-0.2, -0.15) is 0 Å². The van der Waals surface area contributed by atoms with Gasteiger partial charge in [-0.25, -0.2) is 4.98 Å². The first kappa shape index (κ1) is 13.8. The van der Waals surface area contributed by atoms with Gasteiger partial charge in [0, 0.05) is 33.7 Å². The average Bonchev–Trinajstić information content (AvgIpc) is 2.75. The van der Waals surface area contributed by atoms with Crippen LogP contribution in [0.25, 0.3) is 0 Å². The van der Waals surface area contributed by atoms with Crippen molar-refractivity contribution in [2.75, 3.05) is 0 Å². The van der Waals surface area contributed by atoms with E-state index in [4.69, 9.17) is 23.2 Å². The standard InChI is InChI=1S/C13H14Cl2N2S/c1-8-7-18-13(17-8)6-16-9(2)11-5-10(14)3-4-12(11)15/h3-5,7,9,16H,6H2,1-2H3. The van der Waals surface area contributed by atoms with Gasteiger partial charge in [-0.05, 0) is 37.6 Å². The van der Waals surface area contributed by atoms with Gasteiger partial charge in [0.15, 0.2) is 0 Å². The van der Waals surface area contributed by atoms with Crippen LogP contribution in [0.3, 0.4) is 0 Å². The second kappa shape index (κ2) is 6.02. The molecule has 0 aliphatic heterocycles. The number of hydrogen-bond acceptors (Lipinski definition) is 3. The lowest BCUT2D eigenvalue weighted by molar-refractivity contribution is 0.573. The lowest BCUT2D eigenvalue weighted by Gasteiger charge is -2.15. The van der Waals surface area contributed by atoms with Crippen molar-refractivity contribution in [3.63, 3.8) is 0 Å². The van der Waals surface area contributed by atoms with E-state index in [1.54, 1.807) is 17.4 Å². The molecule has 18 heavy (non-hydrogen) atoms. The summed E-state index contributed by atoms with van der Waals surface area (Å²) in [5.74, 6) is 0. The zero-order valence-electron chi connectivity index (χ0n) is 10.2. The Labute approximate surface area is 121 Å². The van der Waals surface area contributed by atoms with Crippen LogP contribution < -0.4 is 5.32 Å². The number of aryl methyl sites for hydroxylation is 1. The summed E-state index contributed by atoms with van der Waals surface area (Å²) in [5, 5.41) is 7.97. The number of rotatable bonds is 4. The second-order valence-corrected chi connectivity index (χ2v) is 5.94. The number of thiazole rings is 1. The monoisotopic (exact) mass is 300 g/mol. The second-order valence-electron chi connectivity index (χ2n) is 4.15. The molecular formula is C13H14Cl2N2S. The van der Waals surface area contributed by atoms with Crippen molar-refractivity contribution in [1.29, 1.82) is 0 Å². The molecule has 2 rings (SSSR count). The minimum atomic E-state index is 0.139. The fourth-order valence-electron chi connectivity index (χ4n) is 1.68. The maximum absolute atomic E-state index is 6.17. The number of halogens is 2. The Morgan fingerprint density at radius 3 is 2.83 bits per heavy atom. The molecule has 0 saturated carbocycles. The maximum atomic E-state index is 6.17. The van der Waals surface area contributed by atoms with Gasteiger partial charge in [-0.3, -0.25) is 0 Å². The maximum Gasteiger partial charge on any atom is 0.107 e. The molecule has 96 valence electrons. The molecule has 2 aromatic rings. The third kappa shape index (κ3) is 3.45. The molecule has 5 heteroatoms. The Hall–Kier alpha value is -0.610. The van der Waals surface area contributed by atoms with Gasteiger partial charge in [0.1, 0.15) is 5.01 Å². The molecular weight excluding hydrogens is 287 g/mol. The van der Waals surface area contributed by atoms with Crippen LogP contribution >= 0.6 is 34.5 Å². The van der Waals surface area contributed by atoms with Crippen LogP contribution in [0.2, 0.25) is 10.0 Å². The number of benzene rings is 1. The third-order valence-electron chi connectivity index (χ3n) is 2.65. The summed E-state index contributed by atoms with van der Waals surface area (Å²) in [6.07, 6.45) is 0. The lowest BCUT2D eigenvalue weighted by Crippen LogP contribution is -2.18. The molecule has 0 fully saturated rings. The fourth-order valence-corrected chi connectivity index (χ4v) is 2.87. The fraction of sp³-hybridized carbons (Fsp3) is 0.308. The van der Waals surface area contributed by atoms with Crippen molar-refractivity contribution >= 4 is 34.5 Å². The summed E-state index contributed by atoms with van der Waals surface area (Å²) in [4.78, 5) is 4.41. The van der Waals surface area contributed by atoms with E-state index in [2.05, 4.69) is 17.2 Å². The highest BCUT2D eigenvalue weighted by atomic mass is 35.5. The normalized spacial score (nSPS) is 12.7. The lowest BCUT2D eigenvalue weighted by atomic mass is 10.1. The van der Waals surface area contributed by atoms with E-state index in [0.717, 1.165) is 27.8 Å². The highest BCUT2D eigenvalue weighted by Crippen LogP contribution is 2.26. The highest BCUT2D eigenvalue weighted by Gasteiger charge is 2.10. The predicted molar refractivity (Wildman–Crippen MR) is 78.6 cm³/mol. The molecule has 0 amide bonds. The van der Waals surface area contributed by atoms with E-state index in [0.29, 0.717) is 5.02 Å². The van der Waals surface area contributed by atoms with Crippen molar-refractivity contribution in [3.8, 4) is 0 Å². The molecule has 0 saturated heterocycles. The quantitative estimate of drug-likeness (QED) is 0.892. The van der Waals surface area contributed by atoms with Crippen molar-refractivity contribution in [3.05, 3.63) is 49.9 Å². The molecule has 1 heterocycles. The van der Waals surface area contributed by atoms with Crippen LogP contribution in [0.1, 0.15) is 29.2 Å². The van der Waals surface area contributed by atoms with Gasteiger partial charge in [-0.1, -0.05) is 23.2 Å². The van der Waals surface area contributed by atoms with E-state index < -0.39 is 0 Å². The molecule has 0 bridgehead atoms. The van der Waals surface area contributed by atoms with Crippen LogP contribution in [0.15, 0.2) is 23.6 Å². The molecule has 2 nitrogen and oxygen atoms in total. The Morgan fingerprint density at radius 1 is 1.39 bits per heavy atom. The molecule has 1 N–H and O–H groups in total. The van der Waals surface area contributed by atoms with Crippen molar-refractivity contribution < 1.29 is 0 Å². The van der Waals surface area contributed by atoms with E-state index in [-0.39, 0.29) is 6.04 Å². The number of aromatic nitrogens is 1.